The van der Waals surface area contributed by atoms with Crippen molar-refractivity contribution in [2.45, 2.75) is 12.8 Å². The van der Waals surface area contributed by atoms with Crippen molar-refractivity contribution in [3.63, 3.8) is 0 Å². The summed E-state index contributed by atoms with van der Waals surface area (Å²) in [6, 6.07) is 7.95. The van der Waals surface area contributed by atoms with Gasteiger partial charge in [-0.1, -0.05) is 35.9 Å². The molecular weight excluding hydrogens is 260 g/mol. The monoisotopic (exact) mass is 276 g/mol. The fourth-order valence-corrected chi connectivity index (χ4v) is 2.74. The molecule has 19 heavy (non-hydrogen) atoms. The molecule has 2 heterocycles. The van der Waals surface area contributed by atoms with Gasteiger partial charge in [-0.3, -0.25) is 0 Å². The lowest BCUT2D eigenvalue weighted by molar-refractivity contribution is 0.352. The maximum absolute atomic E-state index is 6.06. The van der Waals surface area contributed by atoms with Gasteiger partial charge in [0.25, 0.3) is 0 Å². The summed E-state index contributed by atoms with van der Waals surface area (Å²) < 4.78 is 0. The molecule has 1 N–H and O–H groups in total. The van der Waals surface area contributed by atoms with Crippen LogP contribution < -0.4 is 5.32 Å². The van der Waals surface area contributed by atoms with E-state index in [1.165, 1.54) is 25.9 Å². The smallest absolute Gasteiger partial charge is 0.159 e. The number of hydrogen-bond acceptors (Lipinski definition) is 4. The fourth-order valence-electron chi connectivity index (χ4n) is 2.54. The number of nitrogens with zero attached hydrogens (tertiary/aromatic N) is 3. The molecule has 1 aliphatic heterocycles. The van der Waals surface area contributed by atoms with Crippen molar-refractivity contribution in [3.8, 4) is 0 Å². The topological polar surface area (TPSA) is 41.1 Å². The minimum Gasteiger partial charge on any atom is -0.367 e. The number of likely N-dealkylation sites (tertiary alicyclic amines) is 1. The lowest BCUT2D eigenvalue weighted by Crippen LogP contribution is -2.26. The molecule has 3 rings (SSSR count). The molecule has 1 saturated heterocycles. The minimum atomic E-state index is 0.459. The highest BCUT2D eigenvalue weighted by Crippen LogP contribution is 2.25. The number of nitrogens with one attached hydrogen (secondary N) is 1. The van der Waals surface area contributed by atoms with Crippen LogP contribution in [-0.4, -0.2) is 41.3 Å². The van der Waals surface area contributed by atoms with E-state index in [0.29, 0.717) is 5.15 Å². The van der Waals surface area contributed by atoms with E-state index in [4.69, 9.17) is 11.6 Å². The van der Waals surface area contributed by atoms with E-state index >= 15 is 0 Å². The molecule has 100 valence electrons. The summed E-state index contributed by atoms with van der Waals surface area (Å²) in [4.78, 5) is 2.47. The average molecular weight is 277 g/mol. The summed E-state index contributed by atoms with van der Waals surface area (Å²) in [5.41, 5.74) is 0. The van der Waals surface area contributed by atoms with Crippen molar-refractivity contribution in [3.05, 3.63) is 29.4 Å². The Balaban J connectivity index is 1.72. The zero-order valence-corrected chi connectivity index (χ0v) is 11.5. The van der Waals surface area contributed by atoms with Crippen LogP contribution in [0.5, 0.6) is 0 Å². The molecule has 0 aliphatic carbocycles. The van der Waals surface area contributed by atoms with Crippen molar-refractivity contribution < 1.29 is 0 Å². The maximum Gasteiger partial charge on any atom is 0.159 e. The third kappa shape index (κ3) is 2.80. The van der Waals surface area contributed by atoms with Gasteiger partial charge in [-0.25, -0.2) is 0 Å². The third-order valence-corrected chi connectivity index (χ3v) is 3.84. The number of aromatic nitrogens is 2. The van der Waals surface area contributed by atoms with Crippen molar-refractivity contribution in [2.24, 2.45) is 0 Å². The first-order chi connectivity index (χ1) is 9.34. The Hall–Kier alpha value is -1.39. The number of hydrogen-bond donors (Lipinski definition) is 1. The van der Waals surface area contributed by atoms with Crippen molar-refractivity contribution >= 4 is 28.2 Å². The van der Waals surface area contributed by atoms with Crippen LogP contribution in [0.4, 0.5) is 5.82 Å². The largest absolute Gasteiger partial charge is 0.367 e. The van der Waals surface area contributed by atoms with Crippen LogP contribution >= 0.6 is 11.6 Å². The molecule has 0 amide bonds. The average Bonchev–Trinajstić information content (AvgIpc) is 2.95. The summed E-state index contributed by atoms with van der Waals surface area (Å²) in [7, 11) is 0. The van der Waals surface area contributed by atoms with Gasteiger partial charge in [0.15, 0.2) is 11.0 Å². The number of halogens is 1. The highest BCUT2D eigenvalue weighted by Gasteiger charge is 2.11. The summed E-state index contributed by atoms with van der Waals surface area (Å²) in [6.07, 6.45) is 2.65. The summed E-state index contributed by atoms with van der Waals surface area (Å²) in [6.45, 7) is 4.38. The highest BCUT2D eigenvalue weighted by atomic mass is 35.5. The molecule has 0 unspecified atom stereocenters. The first-order valence-electron chi connectivity index (χ1n) is 6.72. The van der Waals surface area contributed by atoms with Gasteiger partial charge < -0.3 is 10.2 Å². The van der Waals surface area contributed by atoms with Crippen LogP contribution in [0.2, 0.25) is 5.15 Å². The quantitative estimate of drug-likeness (QED) is 0.932. The molecule has 2 aromatic rings. The minimum absolute atomic E-state index is 0.459. The molecule has 5 heteroatoms. The Morgan fingerprint density at radius 1 is 1.11 bits per heavy atom. The number of anilines is 1. The Labute approximate surface area is 117 Å². The normalized spacial score (nSPS) is 16.1. The Kier molecular flexibility index (Phi) is 3.80. The summed E-state index contributed by atoms with van der Waals surface area (Å²) in [5, 5.41) is 14.0. The van der Waals surface area contributed by atoms with Crippen molar-refractivity contribution in [1.29, 1.82) is 0 Å². The Morgan fingerprint density at radius 3 is 2.63 bits per heavy atom. The fraction of sp³-hybridized carbons (Fsp3) is 0.429. The van der Waals surface area contributed by atoms with Gasteiger partial charge in [0.1, 0.15) is 0 Å². The zero-order valence-electron chi connectivity index (χ0n) is 10.8. The lowest BCUT2D eigenvalue weighted by Gasteiger charge is -2.15. The zero-order chi connectivity index (χ0) is 13.1. The SMILES string of the molecule is Clc1nnc(NCCN2CCCC2)c2ccccc12. The molecule has 0 bridgehead atoms. The van der Waals surface area contributed by atoms with Crippen LogP contribution in [0.25, 0.3) is 10.8 Å². The molecule has 0 saturated carbocycles. The number of fused-ring (bicyclic) bond motifs is 1. The molecule has 1 fully saturated rings. The van der Waals surface area contributed by atoms with Crippen LogP contribution in [0, 0.1) is 0 Å². The van der Waals surface area contributed by atoms with Crippen LogP contribution in [0.3, 0.4) is 0 Å². The second-order valence-corrected chi connectivity index (χ2v) is 5.22. The van der Waals surface area contributed by atoms with Crippen LogP contribution in [0.1, 0.15) is 12.8 Å². The molecule has 0 atom stereocenters. The van der Waals surface area contributed by atoms with Gasteiger partial charge in [0, 0.05) is 23.9 Å². The Morgan fingerprint density at radius 2 is 1.84 bits per heavy atom. The predicted molar refractivity (Wildman–Crippen MR) is 78.7 cm³/mol. The lowest BCUT2D eigenvalue weighted by atomic mass is 10.2. The van der Waals surface area contributed by atoms with Crippen LogP contribution in [-0.2, 0) is 0 Å². The van der Waals surface area contributed by atoms with E-state index in [1.54, 1.807) is 0 Å². The number of benzene rings is 1. The summed E-state index contributed by atoms with van der Waals surface area (Å²) >= 11 is 6.06. The summed E-state index contributed by atoms with van der Waals surface area (Å²) in [5.74, 6) is 0.819. The van der Waals surface area contributed by atoms with Gasteiger partial charge in [-0.05, 0) is 25.9 Å². The molecule has 1 aromatic heterocycles. The standard InChI is InChI=1S/C14H17ClN4/c15-13-11-5-1-2-6-12(11)14(18-17-13)16-7-10-19-8-3-4-9-19/h1-2,5-6H,3-4,7-10H2,(H,16,18). The van der Waals surface area contributed by atoms with E-state index < -0.39 is 0 Å². The van der Waals surface area contributed by atoms with Crippen molar-refractivity contribution in [1.82, 2.24) is 15.1 Å². The second kappa shape index (κ2) is 5.72. The van der Waals surface area contributed by atoms with E-state index in [-0.39, 0.29) is 0 Å². The Bertz CT molecular complexity index is 566. The van der Waals surface area contributed by atoms with Gasteiger partial charge >= 0.3 is 0 Å². The second-order valence-electron chi connectivity index (χ2n) is 4.86. The van der Waals surface area contributed by atoms with Crippen LogP contribution in [0.15, 0.2) is 24.3 Å². The third-order valence-electron chi connectivity index (χ3n) is 3.56. The van der Waals surface area contributed by atoms with Gasteiger partial charge in [-0.2, -0.15) is 0 Å². The van der Waals surface area contributed by atoms with E-state index in [9.17, 15) is 0 Å². The van der Waals surface area contributed by atoms with Gasteiger partial charge in [-0.15, -0.1) is 10.2 Å². The van der Waals surface area contributed by atoms with E-state index in [1.807, 2.05) is 24.3 Å². The van der Waals surface area contributed by atoms with Crippen molar-refractivity contribution in [2.75, 3.05) is 31.5 Å². The van der Waals surface area contributed by atoms with Gasteiger partial charge in [0.2, 0.25) is 0 Å². The molecule has 0 spiro atoms. The first kappa shape index (κ1) is 12.6. The molecule has 1 aromatic carbocycles. The predicted octanol–water partition coefficient (Wildman–Crippen LogP) is 2.79. The highest BCUT2D eigenvalue weighted by molar-refractivity contribution is 6.34. The molecular formula is C14H17ClN4. The maximum atomic E-state index is 6.06. The van der Waals surface area contributed by atoms with Gasteiger partial charge in [0.05, 0.1) is 0 Å². The number of rotatable bonds is 4. The van der Waals surface area contributed by atoms with E-state index in [0.717, 1.165) is 29.7 Å². The first-order valence-corrected chi connectivity index (χ1v) is 7.09. The molecule has 4 nitrogen and oxygen atoms in total. The van der Waals surface area contributed by atoms with E-state index in [2.05, 4.69) is 20.4 Å². The molecule has 0 radical (unpaired) electrons. The molecule has 1 aliphatic rings.